The fourth-order valence-corrected chi connectivity index (χ4v) is 3.55. The molecule has 1 saturated heterocycles. The number of benzene rings is 1. The van der Waals surface area contributed by atoms with Crippen molar-refractivity contribution in [2.75, 3.05) is 6.54 Å². The number of hydrogen-bond acceptors (Lipinski definition) is 5. The van der Waals surface area contributed by atoms with E-state index in [0.717, 1.165) is 4.90 Å². The van der Waals surface area contributed by atoms with Crippen LogP contribution in [-0.2, 0) is 4.74 Å². The van der Waals surface area contributed by atoms with Gasteiger partial charge in [-0.25, -0.2) is 18.6 Å². The van der Waals surface area contributed by atoms with E-state index in [4.69, 9.17) is 20.8 Å². The molecule has 29 heavy (non-hydrogen) atoms. The fourth-order valence-electron chi connectivity index (χ4n) is 3.37. The number of amides is 1. The number of aromatic amines is 1. The number of nitrogens with one attached hydrogen (secondary N) is 1. The number of aromatic nitrogens is 2. The van der Waals surface area contributed by atoms with Crippen LogP contribution in [0.3, 0.4) is 0 Å². The van der Waals surface area contributed by atoms with Crippen LogP contribution in [0.4, 0.5) is 13.6 Å². The lowest BCUT2D eigenvalue weighted by molar-refractivity contribution is -0.00248. The van der Waals surface area contributed by atoms with E-state index in [1.165, 1.54) is 0 Å². The number of fused-ring (bicyclic) bond motifs is 3. The van der Waals surface area contributed by atoms with Gasteiger partial charge in [-0.3, -0.25) is 9.69 Å². The molecule has 7 nitrogen and oxygen atoms in total. The zero-order valence-electron chi connectivity index (χ0n) is 15.9. The van der Waals surface area contributed by atoms with Gasteiger partial charge in [0.2, 0.25) is 5.58 Å². The van der Waals surface area contributed by atoms with E-state index in [1.807, 2.05) is 0 Å². The highest BCUT2D eigenvalue weighted by Gasteiger charge is 2.50. The van der Waals surface area contributed by atoms with Crippen LogP contribution < -0.4 is 5.56 Å². The van der Waals surface area contributed by atoms with Crippen molar-refractivity contribution in [3.05, 3.63) is 39.4 Å². The highest BCUT2D eigenvalue weighted by molar-refractivity contribution is 6.31. The lowest BCUT2D eigenvalue weighted by Gasteiger charge is -2.27. The number of nitrogens with zero attached hydrogens (tertiary/aromatic N) is 2. The molecule has 0 aliphatic carbocycles. The van der Waals surface area contributed by atoms with Crippen LogP contribution in [0.2, 0.25) is 5.02 Å². The summed E-state index contributed by atoms with van der Waals surface area (Å²) in [6.07, 6.45) is -1.58. The Labute approximate surface area is 168 Å². The minimum absolute atomic E-state index is 0.0420. The molecule has 0 bridgehead atoms. The van der Waals surface area contributed by atoms with E-state index in [0.29, 0.717) is 16.0 Å². The number of furan rings is 1. The van der Waals surface area contributed by atoms with Gasteiger partial charge in [0.1, 0.15) is 22.5 Å². The van der Waals surface area contributed by atoms with Gasteiger partial charge in [0.15, 0.2) is 0 Å². The smallest absolute Gasteiger partial charge is 0.411 e. The molecule has 154 valence electrons. The molecule has 0 radical (unpaired) electrons. The van der Waals surface area contributed by atoms with E-state index in [9.17, 15) is 18.4 Å². The molecule has 3 heterocycles. The minimum atomic E-state index is -3.14. The zero-order chi connectivity index (χ0) is 21.1. The van der Waals surface area contributed by atoms with Crippen molar-refractivity contribution in [3.8, 4) is 0 Å². The average Bonchev–Trinajstić information content (AvgIpc) is 3.11. The van der Waals surface area contributed by atoms with Crippen molar-refractivity contribution in [2.45, 2.75) is 44.8 Å². The third-order valence-electron chi connectivity index (χ3n) is 4.52. The summed E-state index contributed by atoms with van der Waals surface area (Å²) >= 11 is 6.02. The summed E-state index contributed by atoms with van der Waals surface area (Å²) in [6, 6.07) is 3.62. The molecule has 10 heteroatoms. The number of H-pyrrole nitrogens is 1. The molecular formula is C19H18ClF2N3O4. The number of halogens is 3. The maximum Gasteiger partial charge on any atom is 0.411 e. The third-order valence-corrected chi connectivity index (χ3v) is 4.75. The number of ether oxygens (including phenoxy) is 1. The number of carbonyl (C=O) groups is 1. The molecule has 1 aromatic carbocycles. The van der Waals surface area contributed by atoms with Gasteiger partial charge < -0.3 is 14.1 Å². The summed E-state index contributed by atoms with van der Waals surface area (Å²) in [7, 11) is 0. The Morgan fingerprint density at radius 3 is 2.83 bits per heavy atom. The average molecular weight is 426 g/mol. The van der Waals surface area contributed by atoms with Crippen LogP contribution in [0, 0.1) is 0 Å². The van der Waals surface area contributed by atoms with E-state index >= 15 is 0 Å². The first kappa shape index (κ1) is 19.6. The van der Waals surface area contributed by atoms with Gasteiger partial charge in [0, 0.05) is 16.8 Å². The monoisotopic (exact) mass is 425 g/mol. The molecule has 1 fully saturated rings. The zero-order valence-corrected chi connectivity index (χ0v) is 16.6. The first-order chi connectivity index (χ1) is 13.4. The summed E-state index contributed by atoms with van der Waals surface area (Å²) in [6.45, 7) is 4.09. The molecule has 0 spiro atoms. The number of carbonyl (C=O) groups excluding carboxylic acids is 1. The lowest BCUT2D eigenvalue weighted by atomic mass is 10.1. The van der Waals surface area contributed by atoms with Gasteiger partial charge in [-0.05, 0) is 39.0 Å². The first-order valence-corrected chi connectivity index (χ1v) is 9.31. The van der Waals surface area contributed by atoms with Crippen molar-refractivity contribution in [1.82, 2.24) is 14.9 Å². The molecule has 1 N–H and O–H groups in total. The Morgan fingerprint density at radius 1 is 1.41 bits per heavy atom. The molecule has 1 unspecified atom stereocenters. The number of likely N-dealkylation sites (tertiary alicyclic amines) is 1. The van der Waals surface area contributed by atoms with Crippen molar-refractivity contribution >= 4 is 39.8 Å². The Balaban J connectivity index is 1.83. The molecule has 1 atom stereocenters. The van der Waals surface area contributed by atoms with Crippen LogP contribution in [0.5, 0.6) is 0 Å². The van der Waals surface area contributed by atoms with Gasteiger partial charge in [-0.2, -0.15) is 0 Å². The third kappa shape index (κ3) is 3.66. The van der Waals surface area contributed by atoms with Crippen molar-refractivity contribution in [1.29, 1.82) is 0 Å². The normalized spacial score (nSPS) is 19.2. The van der Waals surface area contributed by atoms with E-state index in [-0.39, 0.29) is 16.9 Å². The number of hydrogen-bond donors (Lipinski definition) is 1. The Bertz CT molecular complexity index is 1180. The van der Waals surface area contributed by atoms with Crippen molar-refractivity contribution in [3.63, 3.8) is 0 Å². The largest absolute Gasteiger partial charge is 0.449 e. The molecule has 4 rings (SSSR count). The SMILES string of the molecule is CC(C)(C)OC(=O)N1CC(F)(F)CC1c1nc2c(oc3ccc(Cl)cc32)c(=O)[nH]1. The van der Waals surface area contributed by atoms with E-state index in [1.54, 1.807) is 39.0 Å². The van der Waals surface area contributed by atoms with Gasteiger partial charge in [-0.1, -0.05) is 11.6 Å². The molecular weight excluding hydrogens is 408 g/mol. The molecule has 1 aliphatic heterocycles. The minimum Gasteiger partial charge on any atom is -0.449 e. The predicted molar refractivity (Wildman–Crippen MR) is 102 cm³/mol. The molecule has 3 aromatic rings. The van der Waals surface area contributed by atoms with Gasteiger partial charge in [-0.15, -0.1) is 0 Å². The summed E-state index contributed by atoms with van der Waals surface area (Å²) in [5, 5.41) is 0.889. The fraction of sp³-hybridized carbons (Fsp3) is 0.421. The topological polar surface area (TPSA) is 88.4 Å². The second-order valence-corrected chi connectivity index (χ2v) is 8.49. The molecule has 2 aromatic heterocycles. The van der Waals surface area contributed by atoms with E-state index < -0.39 is 42.2 Å². The van der Waals surface area contributed by atoms with Crippen LogP contribution >= 0.6 is 11.6 Å². The summed E-state index contributed by atoms with van der Waals surface area (Å²) in [5.41, 5.74) is -0.945. The first-order valence-electron chi connectivity index (χ1n) is 8.93. The Morgan fingerprint density at radius 2 is 2.14 bits per heavy atom. The van der Waals surface area contributed by atoms with Crippen LogP contribution in [0.15, 0.2) is 27.4 Å². The highest BCUT2D eigenvalue weighted by atomic mass is 35.5. The summed E-state index contributed by atoms with van der Waals surface area (Å²) in [4.78, 5) is 32.8. The molecule has 1 amide bonds. The summed E-state index contributed by atoms with van der Waals surface area (Å²) < 4.78 is 39.1. The Kier molecular flexibility index (Phi) is 4.34. The van der Waals surface area contributed by atoms with Crippen molar-refractivity contribution < 1.29 is 22.7 Å². The summed E-state index contributed by atoms with van der Waals surface area (Å²) in [5.74, 6) is -3.20. The van der Waals surface area contributed by atoms with Crippen LogP contribution in [0.1, 0.15) is 39.1 Å². The van der Waals surface area contributed by atoms with Gasteiger partial charge >= 0.3 is 6.09 Å². The maximum atomic E-state index is 14.2. The Hall–Kier alpha value is -2.68. The quantitative estimate of drug-likeness (QED) is 0.613. The second-order valence-electron chi connectivity index (χ2n) is 8.06. The van der Waals surface area contributed by atoms with E-state index in [2.05, 4.69) is 9.97 Å². The van der Waals surface area contributed by atoms with Gasteiger partial charge in [0.05, 0.1) is 12.6 Å². The predicted octanol–water partition coefficient (Wildman–Crippen LogP) is 4.64. The lowest BCUT2D eigenvalue weighted by Crippen LogP contribution is -2.38. The number of rotatable bonds is 1. The van der Waals surface area contributed by atoms with Crippen molar-refractivity contribution in [2.24, 2.45) is 0 Å². The highest BCUT2D eigenvalue weighted by Crippen LogP contribution is 2.41. The maximum absolute atomic E-state index is 14.2. The molecule has 1 aliphatic rings. The second kappa shape index (κ2) is 6.41. The number of alkyl halides is 2. The standard InChI is InChI=1S/C19H18ClF2N3O4/c1-18(2,3)29-17(27)25-8-19(21,22)7-11(25)15-23-13-10-6-9(20)4-5-12(10)28-14(13)16(26)24-15/h4-6,11H,7-8H2,1-3H3,(H,23,24,26). The van der Waals surface area contributed by atoms with Crippen LogP contribution in [0.25, 0.3) is 22.1 Å². The van der Waals surface area contributed by atoms with Gasteiger partial charge in [0.25, 0.3) is 11.5 Å². The molecule has 0 saturated carbocycles. The van der Waals surface area contributed by atoms with Crippen LogP contribution in [-0.4, -0.2) is 39.0 Å².